The Balaban J connectivity index is 2.95. The van der Waals surface area contributed by atoms with Gasteiger partial charge in [0.05, 0.1) is 0 Å². The Morgan fingerprint density at radius 3 is 3.07 bits per heavy atom. The SMILES string of the molecule is C=C/C(Br)=N\N(C)c1ncccc1[SiH3]. The van der Waals surface area contributed by atoms with Crippen LogP contribution in [0, 0.1) is 0 Å². The maximum atomic E-state index is 4.26. The quantitative estimate of drug-likeness (QED) is 0.452. The lowest BCUT2D eigenvalue weighted by Gasteiger charge is -2.14. The molecule has 0 bridgehead atoms. The lowest BCUT2D eigenvalue weighted by molar-refractivity contribution is 0.990. The predicted octanol–water partition coefficient (Wildman–Crippen LogP) is 0.403. The number of hydrogen-bond acceptors (Lipinski definition) is 3. The van der Waals surface area contributed by atoms with E-state index in [1.54, 1.807) is 17.3 Å². The van der Waals surface area contributed by atoms with Crippen LogP contribution in [0.3, 0.4) is 0 Å². The fraction of sp³-hybridized carbons (Fsp3) is 0.111. The van der Waals surface area contributed by atoms with Crippen molar-refractivity contribution in [2.45, 2.75) is 0 Å². The summed E-state index contributed by atoms with van der Waals surface area (Å²) in [5, 5.41) is 7.20. The first kappa shape index (κ1) is 11.1. The molecular weight excluding hydrogens is 258 g/mol. The van der Waals surface area contributed by atoms with E-state index in [4.69, 9.17) is 0 Å². The summed E-state index contributed by atoms with van der Waals surface area (Å²) < 4.78 is 0.701. The molecule has 0 fully saturated rings. The molecule has 1 aromatic heterocycles. The van der Waals surface area contributed by atoms with Crippen molar-refractivity contribution in [3.8, 4) is 0 Å². The molecule has 1 rings (SSSR count). The summed E-state index contributed by atoms with van der Waals surface area (Å²) >= 11 is 3.27. The second-order valence-electron chi connectivity index (χ2n) is 2.79. The zero-order valence-corrected chi connectivity index (χ0v) is 11.8. The molecule has 0 aromatic carbocycles. The predicted molar refractivity (Wildman–Crippen MR) is 68.8 cm³/mol. The lowest BCUT2D eigenvalue weighted by Crippen LogP contribution is -2.20. The molecule has 0 aliphatic rings. The van der Waals surface area contributed by atoms with E-state index in [2.05, 4.69) is 38.7 Å². The van der Waals surface area contributed by atoms with Crippen LogP contribution in [0.1, 0.15) is 0 Å². The van der Waals surface area contributed by atoms with Gasteiger partial charge < -0.3 is 0 Å². The maximum Gasteiger partial charge on any atom is 0.146 e. The van der Waals surface area contributed by atoms with E-state index in [9.17, 15) is 0 Å². The first-order valence-electron chi connectivity index (χ1n) is 4.17. The van der Waals surface area contributed by atoms with Crippen molar-refractivity contribution >= 4 is 41.8 Å². The second kappa shape index (κ2) is 5.07. The van der Waals surface area contributed by atoms with Gasteiger partial charge in [-0.2, -0.15) is 5.10 Å². The molecule has 0 aliphatic heterocycles. The molecule has 3 nitrogen and oxygen atoms in total. The third-order valence-corrected chi connectivity index (χ3v) is 2.97. The van der Waals surface area contributed by atoms with E-state index < -0.39 is 0 Å². The van der Waals surface area contributed by atoms with Gasteiger partial charge in [-0.3, -0.25) is 5.01 Å². The van der Waals surface area contributed by atoms with Gasteiger partial charge in [-0.15, -0.1) is 0 Å². The largest absolute Gasteiger partial charge is 0.250 e. The number of hydrogen-bond donors (Lipinski definition) is 0. The van der Waals surface area contributed by atoms with E-state index in [-0.39, 0.29) is 0 Å². The summed E-state index contributed by atoms with van der Waals surface area (Å²) in [6, 6.07) is 3.99. The van der Waals surface area contributed by atoms with Gasteiger partial charge in [0.1, 0.15) is 10.4 Å². The van der Waals surface area contributed by atoms with Crippen molar-refractivity contribution in [3.63, 3.8) is 0 Å². The molecule has 0 spiro atoms. The molecule has 5 heteroatoms. The van der Waals surface area contributed by atoms with Crippen molar-refractivity contribution in [2.24, 2.45) is 5.10 Å². The van der Waals surface area contributed by atoms with Crippen LogP contribution in [-0.4, -0.2) is 26.9 Å². The molecule has 0 saturated heterocycles. The van der Waals surface area contributed by atoms with Crippen LogP contribution in [0.25, 0.3) is 0 Å². The number of halogens is 1. The van der Waals surface area contributed by atoms with Crippen LogP contribution in [0.2, 0.25) is 0 Å². The van der Waals surface area contributed by atoms with Crippen molar-refractivity contribution in [2.75, 3.05) is 12.1 Å². The van der Waals surface area contributed by atoms with E-state index in [0.717, 1.165) is 16.1 Å². The topological polar surface area (TPSA) is 28.5 Å². The van der Waals surface area contributed by atoms with Gasteiger partial charge in [0, 0.05) is 23.5 Å². The Morgan fingerprint density at radius 1 is 1.79 bits per heavy atom. The number of rotatable bonds is 3. The number of anilines is 1. The molecule has 14 heavy (non-hydrogen) atoms. The van der Waals surface area contributed by atoms with Gasteiger partial charge in [-0.05, 0) is 33.3 Å². The summed E-state index contributed by atoms with van der Waals surface area (Å²) in [4.78, 5) is 4.26. The molecule has 1 aromatic rings. The van der Waals surface area contributed by atoms with Crippen molar-refractivity contribution in [1.29, 1.82) is 0 Å². The van der Waals surface area contributed by atoms with Gasteiger partial charge in [-0.25, -0.2) is 4.98 Å². The van der Waals surface area contributed by atoms with Crippen LogP contribution in [0.4, 0.5) is 5.82 Å². The fourth-order valence-electron chi connectivity index (χ4n) is 1.05. The molecule has 74 valence electrons. The van der Waals surface area contributed by atoms with Crippen LogP contribution in [0.15, 0.2) is 36.1 Å². The zero-order valence-electron chi connectivity index (χ0n) is 8.24. The Kier molecular flexibility index (Phi) is 4.03. The number of pyridine rings is 1. The smallest absolute Gasteiger partial charge is 0.146 e. The summed E-state index contributed by atoms with van der Waals surface area (Å²) in [6.07, 6.45) is 3.41. The van der Waals surface area contributed by atoms with Gasteiger partial charge in [0.15, 0.2) is 0 Å². The monoisotopic (exact) mass is 269 g/mol. The van der Waals surface area contributed by atoms with E-state index >= 15 is 0 Å². The minimum Gasteiger partial charge on any atom is -0.250 e. The lowest BCUT2D eigenvalue weighted by atomic mass is 10.4. The zero-order chi connectivity index (χ0) is 10.6. The van der Waals surface area contributed by atoms with Crippen LogP contribution < -0.4 is 10.2 Å². The molecule has 0 amide bonds. The standard InChI is InChI=1S/C9H12BrN3Si/c1-3-8(10)12-13(2)9-7(14)5-4-6-11-9/h3-6H,1H2,2,14H3/b12-8+. The van der Waals surface area contributed by atoms with Crippen molar-refractivity contribution in [1.82, 2.24) is 4.98 Å². The number of allylic oxidation sites excluding steroid dienone is 1. The van der Waals surface area contributed by atoms with Gasteiger partial charge in [0.25, 0.3) is 0 Å². The van der Waals surface area contributed by atoms with Crippen molar-refractivity contribution in [3.05, 3.63) is 31.0 Å². The normalized spacial score (nSPS) is 11.4. The number of hydrazone groups is 1. The average molecular weight is 270 g/mol. The minimum absolute atomic E-state index is 0.701. The Hall–Kier alpha value is -0.943. The second-order valence-corrected chi connectivity index (χ2v) is 4.68. The average Bonchev–Trinajstić information content (AvgIpc) is 2.18. The molecule has 0 unspecified atom stereocenters. The summed E-state index contributed by atoms with van der Waals surface area (Å²) in [5.74, 6) is 0.901. The molecule has 0 N–H and O–H groups in total. The van der Waals surface area contributed by atoms with Crippen LogP contribution in [-0.2, 0) is 0 Å². The Labute approximate surface area is 95.1 Å². The molecule has 1 heterocycles. The molecule has 0 atom stereocenters. The third kappa shape index (κ3) is 2.78. The highest BCUT2D eigenvalue weighted by Crippen LogP contribution is 2.05. The Bertz CT molecular complexity index is 365. The van der Waals surface area contributed by atoms with E-state index in [0.29, 0.717) is 4.62 Å². The highest BCUT2D eigenvalue weighted by atomic mass is 79.9. The van der Waals surface area contributed by atoms with Crippen LogP contribution >= 0.6 is 15.9 Å². The van der Waals surface area contributed by atoms with Gasteiger partial charge in [0.2, 0.25) is 0 Å². The molecule has 0 saturated carbocycles. The van der Waals surface area contributed by atoms with Crippen LogP contribution in [0.5, 0.6) is 0 Å². The van der Waals surface area contributed by atoms with Gasteiger partial charge >= 0.3 is 0 Å². The molecule has 0 radical (unpaired) electrons. The minimum atomic E-state index is 0.701. The summed E-state index contributed by atoms with van der Waals surface area (Å²) in [5.41, 5.74) is 0. The first-order valence-corrected chi connectivity index (χ1v) is 5.96. The van der Waals surface area contributed by atoms with Gasteiger partial charge in [-0.1, -0.05) is 12.6 Å². The number of aromatic nitrogens is 1. The summed E-state index contributed by atoms with van der Waals surface area (Å²) in [6.45, 7) is 3.61. The van der Waals surface area contributed by atoms with E-state index in [1.807, 2.05) is 13.1 Å². The molecule has 0 aliphatic carbocycles. The van der Waals surface area contributed by atoms with E-state index in [1.165, 1.54) is 5.19 Å². The molecular formula is C9H12BrN3Si. The highest BCUT2D eigenvalue weighted by Gasteiger charge is 2.03. The highest BCUT2D eigenvalue weighted by molar-refractivity contribution is 9.18. The maximum absolute atomic E-state index is 4.26. The third-order valence-electron chi connectivity index (χ3n) is 1.70. The Morgan fingerprint density at radius 2 is 2.50 bits per heavy atom. The first-order chi connectivity index (χ1) is 6.65. The number of nitrogens with zero attached hydrogens (tertiary/aromatic N) is 3. The fourth-order valence-corrected chi connectivity index (χ4v) is 1.93. The van der Waals surface area contributed by atoms with Crippen molar-refractivity contribution < 1.29 is 0 Å². The summed E-state index contributed by atoms with van der Waals surface area (Å²) in [7, 11) is 2.83.